The molecule has 3 aromatic rings. The molecule has 8 nitrogen and oxygen atoms in total. The zero-order valence-corrected chi connectivity index (χ0v) is 13.6. The molecule has 0 aliphatic rings. The number of carbonyl (C=O) groups excluding carboxylic acids is 1. The predicted molar refractivity (Wildman–Crippen MR) is 86.4 cm³/mol. The van der Waals surface area contributed by atoms with Crippen molar-refractivity contribution in [3.05, 3.63) is 49.5 Å². The van der Waals surface area contributed by atoms with Crippen LogP contribution in [0.15, 0.2) is 18.2 Å². The van der Waals surface area contributed by atoms with Gasteiger partial charge in [0.25, 0.3) is 17.5 Å². The van der Waals surface area contributed by atoms with E-state index in [-0.39, 0.29) is 22.2 Å². The molecule has 3 rings (SSSR count). The Bertz CT molecular complexity index is 949. The monoisotopic (exact) mass is 351 g/mol. The normalized spacial score (nSPS) is 10.9. The first-order valence-corrected chi connectivity index (χ1v) is 7.64. The lowest BCUT2D eigenvalue weighted by atomic mass is 10.2. The average Bonchev–Trinajstić information content (AvgIpc) is 2.99. The maximum Gasteiger partial charge on any atom is 0.270 e. The second-order valence-corrected chi connectivity index (χ2v) is 6.34. The van der Waals surface area contributed by atoms with Gasteiger partial charge in [-0.3, -0.25) is 20.2 Å². The molecule has 0 radical (unpaired) electrons. The minimum atomic E-state index is -0.605. The number of aromatic nitrogens is 3. The Morgan fingerprint density at radius 3 is 2.83 bits per heavy atom. The van der Waals surface area contributed by atoms with Gasteiger partial charge in [-0.05, 0) is 19.9 Å². The van der Waals surface area contributed by atoms with E-state index >= 15 is 0 Å². The second-order valence-electron chi connectivity index (χ2n) is 4.75. The minimum absolute atomic E-state index is 0.00748. The molecule has 0 aliphatic carbocycles. The number of anilines is 1. The molecule has 1 amide bonds. The van der Waals surface area contributed by atoms with Gasteiger partial charge in [-0.1, -0.05) is 22.9 Å². The predicted octanol–water partition coefficient (Wildman–Crippen LogP) is 3.22. The van der Waals surface area contributed by atoms with Gasteiger partial charge in [-0.25, -0.2) is 4.52 Å². The SMILES string of the molecule is Cc1sc2nc(NC(=O)c3cc([N+](=O)[O-])ccc3Cl)nn2c1C. The molecule has 23 heavy (non-hydrogen) atoms. The molecule has 2 heterocycles. The van der Waals surface area contributed by atoms with Crippen LogP contribution < -0.4 is 5.32 Å². The van der Waals surface area contributed by atoms with Gasteiger partial charge in [-0.15, -0.1) is 5.10 Å². The van der Waals surface area contributed by atoms with E-state index in [2.05, 4.69) is 15.4 Å². The van der Waals surface area contributed by atoms with Crippen molar-refractivity contribution in [2.75, 3.05) is 5.32 Å². The molecule has 0 fully saturated rings. The van der Waals surface area contributed by atoms with E-state index in [4.69, 9.17) is 11.6 Å². The summed E-state index contributed by atoms with van der Waals surface area (Å²) in [5, 5.41) is 17.6. The number of fused-ring (bicyclic) bond motifs is 1. The number of nitro benzene ring substituents is 1. The van der Waals surface area contributed by atoms with Gasteiger partial charge in [-0.2, -0.15) is 4.98 Å². The summed E-state index contributed by atoms with van der Waals surface area (Å²) < 4.78 is 1.63. The van der Waals surface area contributed by atoms with Crippen molar-refractivity contribution in [2.24, 2.45) is 0 Å². The van der Waals surface area contributed by atoms with Crippen LogP contribution in [0.25, 0.3) is 4.96 Å². The average molecular weight is 352 g/mol. The highest BCUT2D eigenvalue weighted by molar-refractivity contribution is 7.17. The molecule has 2 aromatic heterocycles. The molecule has 0 saturated carbocycles. The fourth-order valence-electron chi connectivity index (χ4n) is 1.96. The third kappa shape index (κ3) is 2.76. The van der Waals surface area contributed by atoms with Crippen LogP contribution in [0.4, 0.5) is 11.6 Å². The van der Waals surface area contributed by atoms with Crippen molar-refractivity contribution in [3.63, 3.8) is 0 Å². The summed E-state index contributed by atoms with van der Waals surface area (Å²) in [7, 11) is 0. The highest BCUT2D eigenvalue weighted by atomic mass is 35.5. The van der Waals surface area contributed by atoms with Crippen LogP contribution in [0.2, 0.25) is 5.02 Å². The molecule has 118 valence electrons. The number of carbonyl (C=O) groups is 1. The lowest BCUT2D eigenvalue weighted by molar-refractivity contribution is -0.384. The number of hydrogen-bond acceptors (Lipinski definition) is 6. The standard InChI is InChI=1S/C13H10ClN5O3S/c1-6-7(2)23-13-16-12(17-18(6)13)15-11(20)9-5-8(19(21)22)3-4-10(9)14/h3-5H,1-2H3,(H,15,17,20). The van der Waals surface area contributed by atoms with E-state index in [1.807, 2.05) is 13.8 Å². The van der Waals surface area contributed by atoms with Crippen molar-refractivity contribution in [2.45, 2.75) is 13.8 Å². The highest BCUT2D eigenvalue weighted by Gasteiger charge is 2.18. The Morgan fingerprint density at radius 2 is 2.17 bits per heavy atom. The largest absolute Gasteiger partial charge is 0.289 e. The molecule has 0 bridgehead atoms. The highest BCUT2D eigenvalue weighted by Crippen LogP contribution is 2.24. The maximum atomic E-state index is 12.3. The van der Waals surface area contributed by atoms with Crippen molar-refractivity contribution in [1.29, 1.82) is 0 Å². The first kappa shape index (κ1) is 15.4. The Morgan fingerprint density at radius 1 is 1.43 bits per heavy atom. The molecular weight excluding hydrogens is 342 g/mol. The summed E-state index contributed by atoms with van der Waals surface area (Å²) in [6.07, 6.45) is 0. The molecule has 0 atom stereocenters. The molecular formula is C13H10ClN5O3S. The van der Waals surface area contributed by atoms with Gasteiger partial charge in [0.05, 0.1) is 21.2 Å². The number of nitro groups is 1. The maximum absolute atomic E-state index is 12.3. The fraction of sp³-hybridized carbons (Fsp3) is 0.154. The smallest absolute Gasteiger partial charge is 0.270 e. The summed E-state index contributed by atoms with van der Waals surface area (Å²) in [4.78, 5) is 28.4. The number of aryl methyl sites for hydroxylation is 2. The third-order valence-corrected chi connectivity index (χ3v) is 4.66. The minimum Gasteiger partial charge on any atom is -0.289 e. The molecule has 0 spiro atoms. The molecule has 1 N–H and O–H groups in total. The van der Waals surface area contributed by atoms with E-state index in [0.29, 0.717) is 4.96 Å². The Hall–Kier alpha value is -2.52. The van der Waals surface area contributed by atoms with E-state index in [1.165, 1.54) is 23.5 Å². The van der Waals surface area contributed by atoms with Crippen molar-refractivity contribution < 1.29 is 9.72 Å². The summed E-state index contributed by atoms with van der Waals surface area (Å²) in [6, 6.07) is 3.66. The number of benzene rings is 1. The number of nitrogens with zero attached hydrogens (tertiary/aromatic N) is 4. The van der Waals surface area contributed by atoms with E-state index in [1.54, 1.807) is 4.52 Å². The van der Waals surface area contributed by atoms with Crippen LogP contribution in [-0.4, -0.2) is 25.4 Å². The Kier molecular flexibility index (Phi) is 3.74. The molecule has 0 unspecified atom stereocenters. The van der Waals surface area contributed by atoms with Crippen LogP contribution >= 0.6 is 22.9 Å². The third-order valence-electron chi connectivity index (χ3n) is 3.28. The molecule has 0 aliphatic heterocycles. The number of rotatable bonds is 3. The topological polar surface area (TPSA) is 102 Å². The molecule has 10 heteroatoms. The summed E-state index contributed by atoms with van der Waals surface area (Å²) in [5.74, 6) is -0.488. The van der Waals surface area contributed by atoms with Crippen molar-refractivity contribution in [3.8, 4) is 0 Å². The van der Waals surface area contributed by atoms with Crippen LogP contribution in [0.5, 0.6) is 0 Å². The summed E-state index contributed by atoms with van der Waals surface area (Å²) in [5.41, 5.74) is 0.711. The number of non-ortho nitro benzene ring substituents is 1. The Balaban J connectivity index is 1.91. The van der Waals surface area contributed by atoms with Crippen LogP contribution in [-0.2, 0) is 0 Å². The lowest BCUT2D eigenvalue weighted by Crippen LogP contribution is -2.14. The number of thiazole rings is 1. The number of nitrogens with one attached hydrogen (secondary N) is 1. The van der Waals surface area contributed by atoms with Gasteiger partial charge in [0.15, 0.2) is 0 Å². The number of halogens is 1. The zero-order valence-electron chi connectivity index (χ0n) is 12.0. The summed E-state index contributed by atoms with van der Waals surface area (Å²) in [6.45, 7) is 3.86. The summed E-state index contributed by atoms with van der Waals surface area (Å²) >= 11 is 7.39. The van der Waals surface area contributed by atoms with E-state index in [0.717, 1.165) is 16.6 Å². The van der Waals surface area contributed by atoms with Gasteiger partial charge < -0.3 is 0 Å². The first-order chi connectivity index (χ1) is 10.9. The van der Waals surface area contributed by atoms with Gasteiger partial charge in [0.2, 0.25) is 4.96 Å². The Labute approximate surface area is 138 Å². The second kappa shape index (κ2) is 5.60. The van der Waals surface area contributed by atoms with Crippen molar-refractivity contribution in [1.82, 2.24) is 14.6 Å². The zero-order chi connectivity index (χ0) is 16.7. The van der Waals surface area contributed by atoms with Crippen LogP contribution in [0.1, 0.15) is 20.9 Å². The van der Waals surface area contributed by atoms with Crippen LogP contribution in [0, 0.1) is 24.0 Å². The lowest BCUT2D eigenvalue weighted by Gasteiger charge is -2.03. The first-order valence-electron chi connectivity index (χ1n) is 6.45. The number of amides is 1. The van der Waals surface area contributed by atoms with Crippen molar-refractivity contribution >= 4 is 45.4 Å². The van der Waals surface area contributed by atoms with E-state index < -0.39 is 10.8 Å². The van der Waals surface area contributed by atoms with Gasteiger partial charge >= 0.3 is 0 Å². The van der Waals surface area contributed by atoms with E-state index in [9.17, 15) is 14.9 Å². The van der Waals surface area contributed by atoms with Gasteiger partial charge in [0, 0.05) is 17.0 Å². The molecule has 0 saturated heterocycles. The van der Waals surface area contributed by atoms with Crippen LogP contribution in [0.3, 0.4) is 0 Å². The molecule has 1 aromatic carbocycles. The fourth-order valence-corrected chi connectivity index (χ4v) is 3.07. The number of hydrogen-bond donors (Lipinski definition) is 1. The quantitative estimate of drug-likeness (QED) is 0.576. The van der Waals surface area contributed by atoms with Gasteiger partial charge in [0.1, 0.15) is 0 Å².